The van der Waals surface area contributed by atoms with Crippen molar-refractivity contribution >= 4 is 5.91 Å². The molecule has 0 saturated heterocycles. The zero-order chi connectivity index (χ0) is 13.8. The maximum atomic E-state index is 11.8. The standard InChI is InChI=1S/C15H20N2O/c1-11(17-14(18)9-15(2,3)4)13-7-5-12(10-16)6-8-13/h5-8,11H,9H2,1-4H3,(H,17,18). The minimum atomic E-state index is -0.0346. The van der Waals surface area contributed by atoms with Crippen molar-refractivity contribution in [1.29, 1.82) is 5.26 Å². The van der Waals surface area contributed by atoms with Crippen molar-refractivity contribution in [2.75, 3.05) is 0 Å². The number of nitriles is 1. The summed E-state index contributed by atoms with van der Waals surface area (Å²) in [5.74, 6) is 0.0550. The number of hydrogen-bond donors (Lipinski definition) is 1. The molecule has 96 valence electrons. The monoisotopic (exact) mass is 244 g/mol. The fourth-order valence-electron chi connectivity index (χ4n) is 1.70. The molecular weight excluding hydrogens is 224 g/mol. The van der Waals surface area contributed by atoms with E-state index in [1.165, 1.54) is 0 Å². The van der Waals surface area contributed by atoms with Crippen molar-refractivity contribution in [3.63, 3.8) is 0 Å². The Kier molecular flexibility index (Phi) is 4.49. The highest BCUT2D eigenvalue weighted by Gasteiger charge is 2.17. The van der Waals surface area contributed by atoms with Crippen molar-refractivity contribution in [2.45, 2.75) is 40.2 Å². The van der Waals surface area contributed by atoms with Gasteiger partial charge in [0.05, 0.1) is 17.7 Å². The summed E-state index contributed by atoms with van der Waals surface area (Å²) < 4.78 is 0. The number of carbonyl (C=O) groups excluding carboxylic acids is 1. The number of amides is 1. The Morgan fingerprint density at radius 3 is 2.33 bits per heavy atom. The third-order valence-electron chi connectivity index (χ3n) is 2.61. The van der Waals surface area contributed by atoms with Gasteiger partial charge in [-0.25, -0.2) is 0 Å². The minimum Gasteiger partial charge on any atom is -0.350 e. The van der Waals surface area contributed by atoms with Gasteiger partial charge < -0.3 is 5.32 Å². The van der Waals surface area contributed by atoms with Crippen LogP contribution in [-0.2, 0) is 4.79 Å². The number of hydrogen-bond acceptors (Lipinski definition) is 2. The van der Waals surface area contributed by atoms with Gasteiger partial charge in [0.2, 0.25) is 5.91 Å². The Labute approximate surface area is 109 Å². The summed E-state index contributed by atoms with van der Waals surface area (Å²) in [5.41, 5.74) is 1.64. The summed E-state index contributed by atoms with van der Waals surface area (Å²) in [6.45, 7) is 8.07. The second-order valence-corrected chi connectivity index (χ2v) is 5.76. The molecule has 1 N–H and O–H groups in total. The average molecular weight is 244 g/mol. The van der Waals surface area contributed by atoms with E-state index in [2.05, 4.69) is 11.4 Å². The van der Waals surface area contributed by atoms with E-state index in [0.717, 1.165) is 5.56 Å². The molecule has 0 aliphatic heterocycles. The lowest BCUT2D eigenvalue weighted by molar-refractivity contribution is -0.123. The first-order chi connectivity index (χ1) is 8.31. The Bertz CT molecular complexity index is 449. The quantitative estimate of drug-likeness (QED) is 0.887. The van der Waals surface area contributed by atoms with Gasteiger partial charge in [0.15, 0.2) is 0 Å². The molecule has 0 heterocycles. The first-order valence-corrected chi connectivity index (χ1v) is 6.11. The molecule has 3 heteroatoms. The Balaban J connectivity index is 2.62. The van der Waals surface area contributed by atoms with Crippen LogP contribution in [0.3, 0.4) is 0 Å². The minimum absolute atomic E-state index is 0.00549. The molecule has 1 rings (SSSR count). The summed E-state index contributed by atoms with van der Waals surface area (Å²) in [4.78, 5) is 11.8. The van der Waals surface area contributed by atoms with E-state index in [1.807, 2.05) is 39.8 Å². The van der Waals surface area contributed by atoms with Crippen LogP contribution < -0.4 is 5.32 Å². The van der Waals surface area contributed by atoms with Gasteiger partial charge in [0.1, 0.15) is 0 Å². The van der Waals surface area contributed by atoms with Gasteiger partial charge in [0, 0.05) is 6.42 Å². The van der Waals surface area contributed by atoms with Gasteiger partial charge in [-0.2, -0.15) is 5.26 Å². The molecule has 0 aliphatic carbocycles. The summed E-state index contributed by atoms with van der Waals surface area (Å²) in [6.07, 6.45) is 0.508. The van der Waals surface area contributed by atoms with E-state index in [1.54, 1.807) is 12.1 Å². The first kappa shape index (κ1) is 14.2. The van der Waals surface area contributed by atoms with E-state index in [0.29, 0.717) is 12.0 Å². The van der Waals surface area contributed by atoms with Crippen LogP contribution in [0, 0.1) is 16.7 Å². The van der Waals surface area contributed by atoms with Gasteiger partial charge in [-0.1, -0.05) is 32.9 Å². The maximum absolute atomic E-state index is 11.8. The number of nitrogens with one attached hydrogen (secondary N) is 1. The molecule has 3 nitrogen and oxygen atoms in total. The van der Waals surface area contributed by atoms with Crippen LogP contribution in [0.2, 0.25) is 0 Å². The lowest BCUT2D eigenvalue weighted by Crippen LogP contribution is -2.29. The van der Waals surface area contributed by atoms with Crippen molar-refractivity contribution in [3.05, 3.63) is 35.4 Å². The Morgan fingerprint density at radius 1 is 1.33 bits per heavy atom. The molecule has 1 atom stereocenters. The Morgan fingerprint density at radius 2 is 1.89 bits per heavy atom. The number of rotatable bonds is 3. The maximum Gasteiger partial charge on any atom is 0.220 e. The second kappa shape index (κ2) is 5.68. The van der Waals surface area contributed by atoms with Crippen molar-refractivity contribution in [1.82, 2.24) is 5.32 Å². The summed E-state index contributed by atoms with van der Waals surface area (Å²) >= 11 is 0. The first-order valence-electron chi connectivity index (χ1n) is 6.11. The molecule has 0 bridgehead atoms. The molecule has 0 spiro atoms. The highest BCUT2D eigenvalue weighted by molar-refractivity contribution is 5.77. The highest BCUT2D eigenvalue weighted by Crippen LogP contribution is 2.19. The van der Waals surface area contributed by atoms with Gasteiger partial charge in [-0.15, -0.1) is 0 Å². The lowest BCUT2D eigenvalue weighted by Gasteiger charge is -2.20. The predicted octanol–water partition coefficient (Wildman–Crippen LogP) is 3.17. The average Bonchev–Trinajstić information content (AvgIpc) is 2.26. The molecule has 1 aromatic rings. The van der Waals surface area contributed by atoms with Crippen molar-refractivity contribution < 1.29 is 4.79 Å². The fraction of sp³-hybridized carbons (Fsp3) is 0.467. The van der Waals surface area contributed by atoms with Crippen molar-refractivity contribution in [3.8, 4) is 6.07 Å². The van der Waals surface area contributed by atoms with E-state index in [4.69, 9.17) is 5.26 Å². The molecule has 1 aromatic carbocycles. The normalized spacial score (nSPS) is 12.6. The lowest BCUT2D eigenvalue weighted by atomic mass is 9.91. The van der Waals surface area contributed by atoms with E-state index in [-0.39, 0.29) is 17.4 Å². The zero-order valence-corrected chi connectivity index (χ0v) is 11.4. The van der Waals surface area contributed by atoms with Crippen LogP contribution in [-0.4, -0.2) is 5.91 Å². The van der Waals surface area contributed by atoms with Crippen LogP contribution in [0.1, 0.15) is 51.3 Å². The van der Waals surface area contributed by atoms with E-state index < -0.39 is 0 Å². The van der Waals surface area contributed by atoms with Gasteiger partial charge in [-0.3, -0.25) is 4.79 Å². The van der Waals surface area contributed by atoms with Gasteiger partial charge >= 0.3 is 0 Å². The smallest absolute Gasteiger partial charge is 0.220 e. The molecule has 0 aliphatic rings. The second-order valence-electron chi connectivity index (χ2n) is 5.76. The van der Waals surface area contributed by atoms with Gasteiger partial charge in [0.25, 0.3) is 0 Å². The number of nitrogens with zero attached hydrogens (tertiary/aromatic N) is 1. The molecule has 0 fully saturated rings. The summed E-state index contributed by atoms with van der Waals surface area (Å²) in [6, 6.07) is 9.33. The molecule has 1 amide bonds. The largest absolute Gasteiger partial charge is 0.350 e. The summed E-state index contributed by atoms with van der Waals surface area (Å²) in [5, 5.41) is 11.7. The third kappa shape index (κ3) is 4.58. The van der Waals surface area contributed by atoms with Gasteiger partial charge in [-0.05, 0) is 30.0 Å². The third-order valence-corrected chi connectivity index (χ3v) is 2.61. The van der Waals surface area contributed by atoms with Crippen LogP contribution >= 0.6 is 0 Å². The van der Waals surface area contributed by atoms with E-state index >= 15 is 0 Å². The molecule has 1 unspecified atom stereocenters. The molecule has 18 heavy (non-hydrogen) atoms. The topological polar surface area (TPSA) is 52.9 Å². The van der Waals surface area contributed by atoms with Crippen LogP contribution in [0.15, 0.2) is 24.3 Å². The van der Waals surface area contributed by atoms with Crippen molar-refractivity contribution in [2.24, 2.45) is 5.41 Å². The van der Waals surface area contributed by atoms with Crippen LogP contribution in [0.25, 0.3) is 0 Å². The number of carbonyl (C=O) groups is 1. The fourth-order valence-corrected chi connectivity index (χ4v) is 1.70. The van der Waals surface area contributed by atoms with Crippen LogP contribution in [0.4, 0.5) is 0 Å². The molecular formula is C15H20N2O. The van der Waals surface area contributed by atoms with E-state index in [9.17, 15) is 4.79 Å². The zero-order valence-electron chi connectivity index (χ0n) is 11.4. The Hall–Kier alpha value is -1.82. The highest BCUT2D eigenvalue weighted by atomic mass is 16.1. The molecule has 0 saturated carbocycles. The summed E-state index contributed by atoms with van der Waals surface area (Å²) in [7, 11) is 0. The molecule has 0 radical (unpaired) electrons. The molecule has 0 aromatic heterocycles. The SMILES string of the molecule is CC(NC(=O)CC(C)(C)C)c1ccc(C#N)cc1. The number of benzene rings is 1. The van der Waals surface area contributed by atoms with Crippen LogP contribution in [0.5, 0.6) is 0 Å². The predicted molar refractivity (Wildman–Crippen MR) is 71.8 cm³/mol.